The third-order valence-corrected chi connectivity index (χ3v) is 1.56. The second-order valence-corrected chi connectivity index (χ2v) is 4.11. The standard InChI is InChI=1S/C9H16O2/c1-7-5-10-8(11-6-7)9(2,3)4/h5,8H,6H2,1-4H3. The highest BCUT2D eigenvalue weighted by Gasteiger charge is 2.28. The lowest BCUT2D eigenvalue weighted by Gasteiger charge is -2.32. The van der Waals surface area contributed by atoms with Gasteiger partial charge in [-0.1, -0.05) is 20.8 Å². The van der Waals surface area contributed by atoms with Gasteiger partial charge in [-0.2, -0.15) is 0 Å². The van der Waals surface area contributed by atoms with Crippen LogP contribution in [0.3, 0.4) is 0 Å². The lowest BCUT2D eigenvalue weighted by atomic mass is 9.96. The maximum atomic E-state index is 5.46. The molecule has 11 heavy (non-hydrogen) atoms. The van der Waals surface area contributed by atoms with Crippen molar-refractivity contribution >= 4 is 0 Å². The molecule has 0 aliphatic carbocycles. The van der Waals surface area contributed by atoms with E-state index in [-0.39, 0.29) is 11.7 Å². The Balaban J connectivity index is 2.54. The fourth-order valence-corrected chi connectivity index (χ4v) is 0.913. The van der Waals surface area contributed by atoms with E-state index in [0.29, 0.717) is 6.61 Å². The van der Waals surface area contributed by atoms with Crippen LogP contribution in [0.15, 0.2) is 11.8 Å². The summed E-state index contributed by atoms with van der Waals surface area (Å²) >= 11 is 0. The van der Waals surface area contributed by atoms with E-state index in [0.717, 1.165) is 5.57 Å². The van der Waals surface area contributed by atoms with Crippen LogP contribution in [0, 0.1) is 5.41 Å². The Bertz CT molecular complexity index is 165. The molecule has 1 atom stereocenters. The highest BCUT2D eigenvalue weighted by Crippen LogP contribution is 2.26. The number of ether oxygens (including phenoxy) is 2. The van der Waals surface area contributed by atoms with E-state index < -0.39 is 0 Å². The summed E-state index contributed by atoms with van der Waals surface area (Å²) in [5.41, 5.74) is 1.21. The Morgan fingerprint density at radius 1 is 1.45 bits per heavy atom. The molecule has 0 radical (unpaired) electrons. The molecule has 0 bridgehead atoms. The van der Waals surface area contributed by atoms with Crippen LogP contribution in [0.25, 0.3) is 0 Å². The van der Waals surface area contributed by atoms with Crippen molar-refractivity contribution in [1.29, 1.82) is 0 Å². The smallest absolute Gasteiger partial charge is 0.204 e. The van der Waals surface area contributed by atoms with E-state index in [4.69, 9.17) is 9.47 Å². The molecule has 1 rings (SSSR count). The van der Waals surface area contributed by atoms with Crippen molar-refractivity contribution in [3.63, 3.8) is 0 Å². The summed E-state index contributed by atoms with van der Waals surface area (Å²) in [5.74, 6) is 0. The summed E-state index contributed by atoms with van der Waals surface area (Å²) in [4.78, 5) is 0. The van der Waals surface area contributed by atoms with E-state index in [9.17, 15) is 0 Å². The minimum absolute atomic E-state index is 0.0667. The van der Waals surface area contributed by atoms with Gasteiger partial charge in [-0.05, 0) is 12.5 Å². The van der Waals surface area contributed by atoms with Crippen molar-refractivity contribution in [2.45, 2.75) is 34.0 Å². The average Bonchev–Trinajstić information content (AvgIpc) is 1.86. The highest BCUT2D eigenvalue weighted by atomic mass is 16.7. The summed E-state index contributed by atoms with van der Waals surface area (Å²) in [6.07, 6.45) is 1.70. The van der Waals surface area contributed by atoms with E-state index in [2.05, 4.69) is 20.8 Å². The zero-order chi connectivity index (χ0) is 8.48. The third kappa shape index (κ3) is 2.22. The number of hydrogen-bond acceptors (Lipinski definition) is 2. The van der Waals surface area contributed by atoms with Crippen molar-refractivity contribution < 1.29 is 9.47 Å². The van der Waals surface area contributed by atoms with Crippen LogP contribution in [0.4, 0.5) is 0 Å². The molecule has 0 amide bonds. The van der Waals surface area contributed by atoms with Gasteiger partial charge in [0.25, 0.3) is 0 Å². The van der Waals surface area contributed by atoms with Crippen LogP contribution in [0.5, 0.6) is 0 Å². The van der Waals surface area contributed by atoms with Gasteiger partial charge in [0, 0.05) is 5.41 Å². The zero-order valence-electron chi connectivity index (χ0n) is 7.68. The Labute approximate surface area is 68.2 Å². The Morgan fingerprint density at radius 3 is 2.45 bits per heavy atom. The van der Waals surface area contributed by atoms with Crippen molar-refractivity contribution in [3.05, 3.63) is 11.8 Å². The Hall–Kier alpha value is -0.500. The van der Waals surface area contributed by atoms with Gasteiger partial charge in [-0.25, -0.2) is 0 Å². The number of hydrogen-bond donors (Lipinski definition) is 0. The molecule has 1 unspecified atom stereocenters. The van der Waals surface area contributed by atoms with Crippen LogP contribution in [-0.2, 0) is 9.47 Å². The lowest BCUT2D eigenvalue weighted by molar-refractivity contribution is -0.171. The second kappa shape index (κ2) is 2.86. The van der Waals surface area contributed by atoms with E-state index in [1.807, 2.05) is 6.92 Å². The average molecular weight is 156 g/mol. The summed E-state index contributed by atoms with van der Waals surface area (Å²) in [6, 6.07) is 0. The fraction of sp³-hybridized carbons (Fsp3) is 0.778. The van der Waals surface area contributed by atoms with E-state index in [1.165, 1.54) is 0 Å². The summed E-state index contributed by atoms with van der Waals surface area (Å²) in [5, 5.41) is 0. The van der Waals surface area contributed by atoms with Crippen molar-refractivity contribution in [2.75, 3.05) is 6.61 Å². The molecule has 0 N–H and O–H groups in total. The van der Waals surface area contributed by atoms with Gasteiger partial charge in [0.2, 0.25) is 6.29 Å². The minimum Gasteiger partial charge on any atom is -0.472 e. The van der Waals surface area contributed by atoms with E-state index >= 15 is 0 Å². The van der Waals surface area contributed by atoms with Gasteiger partial charge in [-0.3, -0.25) is 0 Å². The lowest BCUT2D eigenvalue weighted by Crippen LogP contribution is -2.33. The Morgan fingerprint density at radius 2 is 2.09 bits per heavy atom. The van der Waals surface area contributed by atoms with Gasteiger partial charge in [0.15, 0.2) is 0 Å². The summed E-state index contributed by atoms with van der Waals surface area (Å²) in [7, 11) is 0. The highest BCUT2D eigenvalue weighted by molar-refractivity contribution is 4.96. The molecule has 64 valence electrons. The molecule has 0 aromatic rings. The maximum absolute atomic E-state index is 5.46. The van der Waals surface area contributed by atoms with Crippen LogP contribution in [0.1, 0.15) is 27.7 Å². The third-order valence-electron chi connectivity index (χ3n) is 1.56. The minimum atomic E-state index is -0.0915. The summed E-state index contributed by atoms with van der Waals surface area (Å²) < 4.78 is 10.8. The molecule has 0 aromatic heterocycles. The molecule has 1 aliphatic rings. The second-order valence-electron chi connectivity index (χ2n) is 4.11. The number of rotatable bonds is 0. The maximum Gasteiger partial charge on any atom is 0.204 e. The molecule has 1 heterocycles. The quantitative estimate of drug-likeness (QED) is 0.536. The fourth-order valence-electron chi connectivity index (χ4n) is 0.913. The van der Waals surface area contributed by atoms with Crippen LogP contribution >= 0.6 is 0 Å². The van der Waals surface area contributed by atoms with Crippen molar-refractivity contribution in [3.8, 4) is 0 Å². The van der Waals surface area contributed by atoms with Crippen LogP contribution in [0.2, 0.25) is 0 Å². The topological polar surface area (TPSA) is 18.5 Å². The molecule has 0 saturated heterocycles. The molecule has 1 aliphatic heterocycles. The van der Waals surface area contributed by atoms with Gasteiger partial charge in [0.05, 0.1) is 12.9 Å². The predicted octanol–water partition coefficient (Wildman–Crippen LogP) is 2.31. The first-order valence-corrected chi connectivity index (χ1v) is 3.93. The van der Waals surface area contributed by atoms with Crippen LogP contribution < -0.4 is 0 Å². The first-order valence-electron chi connectivity index (χ1n) is 3.93. The van der Waals surface area contributed by atoms with Crippen molar-refractivity contribution in [2.24, 2.45) is 5.41 Å². The van der Waals surface area contributed by atoms with Gasteiger partial charge in [0.1, 0.15) is 0 Å². The van der Waals surface area contributed by atoms with Gasteiger partial charge < -0.3 is 9.47 Å². The molecule has 0 spiro atoms. The molecular formula is C9H16O2. The Kier molecular flexibility index (Phi) is 2.23. The largest absolute Gasteiger partial charge is 0.472 e. The zero-order valence-corrected chi connectivity index (χ0v) is 7.68. The summed E-state index contributed by atoms with van der Waals surface area (Å²) in [6.45, 7) is 9.01. The molecule has 2 nitrogen and oxygen atoms in total. The molecule has 0 saturated carbocycles. The first kappa shape index (κ1) is 8.60. The van der Waals surface area contributed by atoms with Crippen molar-refractivity contribution in [1.82, 2.24) is 0 Å². The van der Waals surface area contributed by atoms with Gasteiger partial charge in [-0.15, -0.1) is 0 Å². The van der Waals surface area contributed by atoms with Crippen LogP contribution in [-0.4, -0.2) is 12.9 Å². The molecule has 0 fully saturated rings. The predicted molar refractivity (Wildman–Crippen MR) is 44.0 cm³/mol. The molecule has 0 aromatic carbocycles. The molecule has 2 heteroatoms. The van der Waals surface area contributed by atoms with E-state index in [1.54, 1.807) is 6.26 Å². The SMILES string of the molecule is CC1=COC(C(C)(C)C)OC1. The normalized spacial score (nSPS) is 25.8. The monoisotopic (exact) mass is 156 g/mol. The molecular weight excluding hydrogens is 140 g/mol. The first-order chi connectivity index (χ1) is 5.00. The van der Waals surface area contributed by atoms with Gasteiger partial charge >= 0.3 is 0 Å².